The Labute approximate surface area is 79.3 Å². The zero-order chi connectivity index (χ0) is 10.1. The van der Waals surface area contributed by atoms with E-state index in [9.17, 15) is 4.79 Å². The van der Waals surface area contributed by atoms with Crippen LogP contribution < -0.4 is 11.5 Å². The zero-order valence-corrected chi connectivity index (χ0v) is 8.42. The third-order valence-corrected chi connectivity index (χ3v) is 2.94. The molecule has 0 aromatic heterocycles. The number of carbonyl (C=O) groups excluding carboxylic acids is 1. The highest BCUT2D eigenvalue weighted by Gasteiger charge is 2.34. The van der Waals surface area contributed by atoms with Gasteiger partial charge in [0, 0.05) is 18.0 Å². The number of nitrogens with two attached hydrogens (primary N) is 2. The van der Waals surface area contributed by atoms with Gasteiger partial charge in [-0.3, -0.25) is 4.79 Å². The Kier molecular flexibility index (Phi) is 2.93. The summed E-state index contributed by atoms with van der Waals surface area (Å²) in [5, 5.41) is 0. The number of nitrogens with zero attached hydrogens (tertiary/aromatic N) is 1. The van der Waals surface area contributed by atoms with Gasteiger partial charge in [-0.25, -0.2) is 0 Å². The lowest BCUT2D eigenvalue weighted by Crippen LogP contribution is -2.54. The number of hydrogen-bond acceptors (Lipinski definition) is 3. The molecule has 1 amide bonds. The van der Waals surface area contributed by atoms with Crippen LogP contribution in [0.25, 0.3) is 0 Å². The molecule has 4 N–H and O–H groups in total. The molecule has 0 radical (unpaired) electrons. The number of hydrogen-bond donors (Lipinski definition) is 2. The van der Waals surface area contributed by atoms with Gasteiger partial charge in [-0.1, -0.05) is 0 Å². The predicted molar refractivity (Wildman–Crippen MR) is 52.1 cm³/mol. The van der Waals surface area contributed by atoms with Crippen LogP contribution in [0, 0.1) is 0 Å². The molecule has 1 fully saturated rings. The second-order valence-corrected chi connectivity index (χ2v) is 4.29. The van der Waals surface area contributed by atoms with Crippen molar-refractivity contribution in [2.45, 2.75) is 37.8 Å². The third-order valence-electron chi connectivity index (χ3n) is 2.94. The predicted octanol–water partition coefficient (Wildman–Crippen LogP) is -0.327. The molecule has 0 bridgehead atoms. The minimum Gasteiger partial charge on any atom is -0.370 e. The molecule has 2 atom stereocenters. The molecule has 1 saturated heterocycles. The van der Waals surface area contributed by atoms with E-state index in [0.29, 0.717) is 12.5 Å². The topological polar surface area (TPSA) is 72.3 Å². The van der Waals surface area contributed by atoms with Crippen LogP contribution in [0.5, 0.6) is 0 Å². The van der Waals surface area contributed by atoms with Gasteiger partial charge in [-0.15, -0.1) is 0 Å². The van der Waals surface area contributed by atoms with Crippen molar-refractivity contribution in [3.8, 4) is 0 Å². The molecule has 1 heterocycles. The summed E-state index contributed by atoms with van der Waals surface area (Å²) < 4.78 is 0. The van der Waals surface area contributed by atoms with Gasteiger partial charge in [-0.05, 0) is 33.4 Å². The molecule has 0 aromatic rings. The fourth-order valence-electron chi connectivity index (χ4n) is 1.97. The third kappa shape index (κ3) is 2.67. The van der Waals surface area contributed by atoms with Gasteiger partial charge in [0.15, 0.2) is 0 Å². The van der Waals surface area contributed by atoms with Crippen molar-refractivity contribution in [3.05, 3.63) is 0 Å². The standard InChI is InChI=1S/C9H19N3O/c1-7-5-9(11,6-8(10)13)3-4-12(7)2/h7H,3-6,11H2,1-2H3,(H2,10,13). The first-order chi connectivity index (χ1) is 5.93. The Morgan fingerprint density at radius 2 is 2.31 bits per heavy atom. The van der Waals surface area contributed by atoms with Gasteiger partial charge < -0.3 is 16.4 Å². The molecule has 1 aliphatic heterocycles. The maximum absolute atomic E-state index is 10.8. The van der Waals surface area contributed by atoms with Crippen LogP contribution in [-0.4, -0.2) is 36.0 Å². The van der Waals surface area contributed by atoms with Crippen molar-refractivity contribution in [2.75, 3.05) is 13.6 Å². The van der Waals surface area contributed by atoms with Crippen LogP contribution in [0.4, 0.5) is 0 Å². The first-order valence-corrected chi connectivity index (χ1v) is 4.70. The molecule has 76 valence electrons. The van der Waals surface area contributed by atoms with E-state index in [1.807, 2.05) is 0 Å². The number of carbonyl (C=O) groups is 1. The molecule has 2 unspecified atom stereocenters. The molecular weight excluding hydrogens is 166 g/mol. The van der Waals surface area contributed by atoms with Crippen molar-refractivity contribution in [1.82, 2.24) is 4.90 Å². The largest absolute Gasteiger partial charge is 0.370 e. The average Bonchev–Trinajstić information content (AvgIpc) is 1.96. The summed E-state index contributed by atoms with van der Waals surface area (Å²) in [7, 11) is 2.08. The Bertz CT molecular complexity index is 207. The Morgan fingerprint density at radius 1 is 1.69 bits per heavy atom. The van der Waals surface area contributed by atoms with E-state index >= 15 is 0 Å². The van der Waals surface area contributed by atoms with Gasteiger partial charge in [0.25, 0.3) is 0 Å². The molecule has 0 spiro atoms. The van der Waals surface area contributed by atoms with E-state index in [-0.39, 0.29) is 11.4 Å². The van der Waals surface area contributed by atoms with Crippen LogP contribution in [-0.2, 0) is 4.79 Å². The van der Waals surface area contributed by atoms with Gasteiger partial charge in [0.2, 0.25) is 5.91 Å². The highest BCUT2D eigenvalue weighted by atomic mass is 16.1. The van der Waals surface area contributed by atoms with E-state index in [2.05, 4.69) is 18.9 Å². The second kappa shape index (κ2) is 3.64. The minimum absolute atomic E-state index is 0.292. The number of likely N-dealkylation sites (tertiary alicyclic amines) is 1. The maximum Gasteiger partial charge on any atom is 0.219 e. The lowest BCUT2D eigenvalue weighted by atomic mass is 9.82. The lowest BCUT2D eigenvalue weighted by molar-refractivity contribution is -0.119. The normalized spacial score (nSPS) is 36.1. The number of piperidine rings is 1. The monoisotopic (exact) mass is 185 g/mol. The fraction of sp³-hybridized carbons (Fsp3) is 0.889. The van der Waals surface area contributed by atoms with E-state index in [1.54, 1.807) is 0 Å². The first-order valence-electron chi connectivity index (χ1n) is 4.70. The van der Waals surface area contributed by atoms with E-state index in [4.69, 9.17) is 11.5 Å². The van der Waals surface area contributed by atoms with Crippen LogP contribution in [0.3, 0.4) is 0 Å². The molecule has 4 nitrogen and oxygen atoms in total. The quantitative estimate of drug-likeness (QED) is 0.619. The van der Waals surface area contributed by atoms with Crippen LogP contribution in [0.1, 0.15) is 26.2 Å². The highest BCUT2D eigenvalue weighted by molar-refractivity contribution is 5.75. The summed E-state index contributed by atoms with van der Waals surface area (Å²) in [6.07, 6.45) is 2.02. The van der Waals surface area contributed by atoms with Gasteiger partial charge in [0.1, 0.15) is 0 Å². The van der Waals surface area contributed by atoms with Crippen molar-refractivity contribution >= 4 is 5.91 Å². The van der Waals surface area contributed by atoms with E-state index < -0.39 is 0 Å². The zero-order valence-electron chi connectivity index (χ0n) is 8.42. The Hall–Kier alpha value is -0.610. The average molecular weight is 185 g/mol. The Balaban J connectivity index is 2.56. The minimum atomic E-state index is -0.363. The summed E-state index contributed by atoms with van der Waals surface area (Å²) in [6, 6.07) is 0.443. The smallest absolute Gasteiger partial charge is 0.219 e. The SMILES string of the molecule is CC1CC(N)(CC(N)=O)CCN1C. The van der Waals surface area contributed by atoms with Crippen LogP contribution >= 0.6 is 0 Å². The van der Waals surface area contributed by atoms with Gasteiger partial charge in [0.05, 0.1) is 0 Å². The summed E-state index contributed by atoms with van der Waals surface area (Å²) in [6.45, 7) is 3.08. The molecule has 1 aliphatic rings. The number of rotatable bonds is 2. The second-order valence-electron chi connectivity index (χ2n) is 4.29. The van der Waals surface area contributed by atoms with Crippen molar-refractivity contribution in [3.63, 3.8) is 0 Å². The summed E-state index contributed by atoms with van der Waals surface area (Å²) >= 11 is 0. The number of amides is 1. The van der Waals surface area contributed by atoms with E-state index in [0.717, 1.165) is 19.4 Å². The molecule has 13 heavy (non-hydrogen) atoms. The Morgan fingerprint density at radius 3 is 2.77 bits per heavy atom. The fourth-order valence-corrected chi connectivity index (χ4v) is 1.97. The maximum atomic E-state index is 10.8. The molecule has 0 saturated carbocycles. The summed E-state index contributed by atoms with van der Waals surface area (Å²) in [5.74, 6) is -0.292. The van der Waals surface area contributed by atoms with Crippen molar-refractivity contribution in [2.24, 2.45) is 11.5 Å². The molecular formula is C9H19N3O. The molecule has 1 rings (SSSR count). The van der Waals surface area contributed by atoms with Gasteiger partial charge in [-0.2, -0.15) is 0 Å². The summed E-state index contributed by atoms with van der Waals surface area (Å²) in [5.41, 5.74) is 10.9. The van der Waals surface area contributed by atoms with E-state index in [1.165, 1.54) is 0 Å². The lowest BCUT2D eigenvalue weighted by Gasteiger charge is -2.41. The van der Waals surface area contributed by atoms with Crippen molar-refractivity contribution < 1.29 is 4.79 Å². The van der Waals surface area contributed by atoms with Crippen LogP contribution in [0.2, 0.25) is 0 Å². The first kappa shape index (κ1) is 10.5. The number of primary amides is 1. The molecule has 4 heteroatoms. The van der Waals surface area contributed by atoms with Crippen LogP contribution in [0.15, 0.2) is 0 Å². The molecule has 0 aromatic carbocycles. The summed E-state index contributed by atoms with van der Waals surface area (Å²) in [4.78, 5) is 13.0. The highest BCUT2D eigenvalue weighted by Crippen LogP contribution is 2.26. The van der Waals surface area contributed by atoms with Gasteiger partial charge >= 0.3 is 0 Å². The van der Waals surface area contributed by atoms with Crippen molar-refractivity contribution in [1.29, 1.82) is 0 Å². The molecule has 0 aliphatic carbocycles.